The van der Waals surface area contributed by atoms with Crippen LogP contribution in [0.15, 0.2) is 18.2 Å². The molecular formula is C13H18N4. The van der Waals surface area contributed by atoms with Gasteiger partial charge in [0.15, 0.2) is 5.82 Å². The molecule has 4 nitrogen and oxygen atoms in total. The van der Waals surface area contributed by atoms with Crippen LogP contribution in [0.3, 0.4) is 0 Å². The molecule has 17 heavy (non-hydrogen) atoms. The van der Waals surface area contributed by atoms with Gasteiger partial charge in [0, 0.05) is 12.1 Å². The van der Waals surface area contributed by atoms with Crippen molar-refractivity contribution in [3.8, 4) is 11.4 Å². The molecule has 1 heterocycles. The summed E-state index contributed by atoms with van der Waals surface area (Å²) in [6.07, 6.45) is 0. The van der Waals surface area contributed by atoms with E-state index in [2.05, 4.69) is 53.7 Å². The molecule has 0 atom stereocenters. The average Bonchev–Trinajstić information content (AvgIpc) is 2.75. The second-order valence-corrected chi connectivity index (χ2v) is 4.19. The van der Waals surface area contributed by atoms with Crippen LogP contribution in [0, 0.1) is 13.8 Å². The number of benzene rings is 1. The Morgan fingerprint density at radius 1 is 1.18 bits per heavy atom. The lowest BCUT2D eigenvalue weighted by atomic mass is 10.1. The van der Waals surface area contributed by atoms with E-state index < -0.39 is 0 Å². The summed E-state index contributed by atoms with van der Waals surface area (Å²) in [4.78, 5) is 0. The molecule has 90 valence electrons. The summed E-state index contributed by atoms with van der Waals surface area (Å²) in [5.41, 5.74) is 9.30. The number of nitrogens with two attached hydrogens (primary N) is 1. The third-order valence-electron chi connectivity index (χ3n) is 3.09. The fourth-order valence-electron chi connectivity index (χ4n) is 1.91. The van der Waals surface area contributed by atoms with E-state index in [0.717, 1.165) is 23.8 Å². The van der Waals surface area contributed by atoms with Crippen LogP contribution < -0.4 is 5.73 Å². The summed E-state index contributed by atoms with van der Waals surface area (Å²) in [6, 6.07) is 6.34. The summed E-state index contributed by atoms with van der Waals surface area (Å²) < 4.78 is 2.06. The van der Waals surface area contributed by atoms with Crippen molar-refractivity contribution in [2.45, 2.75) is 33.9 Å². The molecule has 0 saturated heterocycles. The van der Waals surface area contributed by atoms with Crippen molar-refractivity contribution in [3.05, 3.63) is 35.2 Å². The Hall–Kier alpha value is -1.68. The minimum Gasteiger partial charge on any atom is -0.324 e. The largest absolute Gasteiger partial charge is 0.324 e. The second-order valence-electron chi connectivity index (χ2n) is 4.19. The maximum Gasteiger partial charge on any atom is 0.163 e. The average molecular weight is 230 g/mol. The molecule has 0 aliphatic heterocycles. The van der Waals surface area contributed by atoms with Gasteiger partial charge in [-0.15, -0.1) is 10.2 Å². The second kappa shape index (κ2) is 4.67. The van der Waals surface area contributed by atoms with Crippen LogP contribution in [0.25, 0.3) is 11.4 Å². The Labute approximate surface area is 101 Å². The van der Waals surface area contributed by atoms with Gasteiger partial charge in [0.25, 0.3) is 0 Å². The molecule has 1 aromatic carbocycles. The van der Waals surface area contributed by atoms with E-state index in [1.165, 1.54) is 11.1 Å². The van der Waals surface area contributed by atoms with E-state index in [9.17, 15) is 0 Å². The van der Waals surface area contributed by atoms with Crippen molar-refractivity contribution >= 4 is 0 Å². The van der Waals surface area contributed by atoms with Crippen LogP contribution in [0.1, 0.15) is 23.9 Å². The van der Waals surface area contributed by atoms with E-state index in [4.69, 9.17) is 5.73 Å². The molecule has 2 N–H and O–H groups in total. The minimum absolute atomic E-state index is 0.422. The summed E-state index contributed by atoms with van der Waals surface area (Å²) in [5, 5.41) is 8.35. The van der Waals surface area contributed by atoms with Crippen molar-refractivity contribution in [2.75, 3.05) is 0 Å². The lowest BCUT2D eigenvalue weighted by Gasteiger charge is -2.08. The molecule has 0 unspecified atom stereocenters. The van der Waals surface area contributed by atoms with Crippen molar-refractivity contribution in [1.29, 1.82) is 0 Å². The Bertz CT molecular complexity index is 528. The number of aryl methyl sites for hydroxylation is 2. The predicted octanol–water partition coefficient (Wildman–Crippen LogP) is 2.04. The number of hydrogen-bond acceptors (Lipinski definition) is 3. The normalized spacial score (nSPS) is 10.8. The Balaban J connectivity index is 2.52. The number of aromatic nitrogens is 3. The fraction of sp³-hybridized carbons (Fsp3) is 0.385. The standard InChI is InChI=1S/C13H18N4/c1-4-17-12(8-14)15-16-13(17)11-6-5-9(2)10(3)7-11/h5-7H,4,8,14H2,1-3H3. The van der Waals surface area contributed by atoms with Gasteiger partial charge in [0.05, 0.1) is 6.54 Å². The van der Waals surface area contributed by atoms with Crippen LogP contribution in [0.4, 0.5) is 0 Å². The first-order valence-electron chi connectivity index (χ1n) is 5.87. The highest BCUT2D eigenvalue weighted by Crippen LogP contribution is 2.21. The number of nitrogens with zero attached hydrogens (tertiary/aromatic N) is 3. The Morgan fingerprint density at radius 2 is 1.94 bits per heavy atom. The monoisotopic (exact) mass is 230 g/mol. The molecule has 0 amide bonds. The predicted molar refractivity (Wildman–Crippen MR) is 68.5 cm³/mol. The van der Waals surface area contributed by atoms with Gasteiger partial charge in [-0.05, 0) is 38.0 Å². The van der Waals surface area contributed by atoms with Crippen LogP contribution in [-0.4, -0.2) is 14.8 Å². The molecule has 4 heteroatoms. The van der Waals surface area contributed by atoms with Gasteiger partial charge in [0.2, 0.25) is 0 Å². The van der Waals surface area contributed by atoms with E-state index in [1.807, 2.05) is 0 Å². The van der Waals surface area contributed by atoms with E-state index >= 15 is 0 Å². The zero-order valence-corrected chi connectivity index (χ0v) is 10.6. The Morgan fingerprint density at radius 3 is 2.53 bits per heavy atom. The molecule has 0 radical (unpaired) electrons. The topological polar surface area (TPSA) is 56.7 Å². The van der Waals surface area contributed by atoms with Crippen LogP contribution in [0.2, 0.25) is 0 Å². The summed E-state index contributed by atoms with van der Waals surface area (Å²) >= 11 is 0. The van der Waals surface area contributed by atoms with Gasteiger partial charge in [-0.3, -0.25) is 0 Å². The maximum absolute atomic E-state index is 5.65. The highest BCUT2D eigenvalue weighted by atomic mass is 15.3. The molecule has 0 fully saturated rings. The van der Waals surface area contributed by atoms with E-state index in [1.54, 1.807) is 0 Å². The molecule has 2 rings (SSSR count). The Kier molecular flexibility index (Phi) is 3.24. The zero-order chi connectivity index (χ0) is 12.4. The first-order chi connectivity index (χ1) is 8.17. The zero-order valence-electron chi connectivity index (χ0n) is 10.6. The lowest BCUT2D eigenvalue weighted by molar-refractivity contribution is 0.704. The molecule has 1 aromatic heterocycles. The van der Waals surface area contributed by atoms with E-state index in [0.29, 0.717) is 6.54 Å². The molecule has 0 bridgehead atoms. The number of hydrogen-bond donors (Lipinski definition) is 1. The summed E-state index contributed by atoms with van der Waals surface area (Å²) in [7, 11) is 0. The maximum atomic E-state index is 5.65. The highest BCUT2D eigenvalue weighted by molar-refractivity contribution is 5.57. The molecule has 0 aliphatic carbocycles. The van der Waals surface area contributed by atoms with Crippen molar-refractivity contribution in [3.63, 3.8) is 0 Å². The minimum atomic E-state index is 0.422. The first-order valence-corrected chi connectivity index (χ1v) is 5.87. The van der Waals surface area contributed by atoms with Crippen molar-refractivity contribution < 1.29 is 0 Å². The fourth-order valence-corrected chi connectivity index (χ4v) is 1.91. The van der Waals surface area contributed by atoms with Crippen LogP contribution in [0.5, 0.6) is 0 Å². The van der Waals surface area contributed by atoms with Gasteiger partial charge in [-0.25, -0.2) is 0 Å². The molecule has 0 saturated carbocycles. The quantitative estimate of drug-likeness (QED) is 0.877. The van der Waals surface area contributed by atoms with Crippen LogP contribution >= 0.6 is 0 Å². The lowest BCUT2D eigenvalue weighted by Crippen LogP contribution is -2.08. The number of rotatable bonds is 3. The van der Waals surface area contributed by atoms with Gasteiger partial charge in [-0.2, -0.15) is 0 Å². The van der Waals surface area contributed by atoms with E-state index in [-0.39, 0.29) is 0 Å². The molecular weight excluding hydrogens is 212 g/mol. The van der Waals surface area contributed by atoms with Crippen molar-refractivity contribution in [1.82, 2.24) is 14.8 Å². The summed E-state index contributed by atoms with van der Waals surface area (Å²) in [6.45, 7) is 7.55. The van der Waals surface area contributed by atoms with Gasteiger partial charge in [0.1, 0.15) is 5.82 Å². The third-order valence-corrected chi connectivity index (χ3v) is 3.09. The highest BCUT2D eigenvalue weighted by Gasteiger charge is 2.11. The van der Waals surface area contributed by atoms with Gasteiger partial charge in [-0.1, -0.05) is 12.1 Å². The molecule has 2 aromatic rings. The SMILES string of the molecule is CCn1c(CN)nnc1-c1ccc(C)c(C)c1. The molecule has 0 aliphatic rings. The van der Waals surface area contributed by atoms with Gasteiger partial charge < -0.3 is 10.3 Å². The third kappa shape index (κ3) is 2.08. The van der Waals surface area contributed by atoms with Gasteiger partial charge >= 0.3 is 0 Å². The van der Waals surface area contributed by atoms with Crippen LogP contribution in [-0.2, 0) is 13.1 Å². The smallest absolute Gasteiger partial charge is 0.163 e. The molecule has 0 spiro atoms. The first kappa shape index (κ1) is 11.8. The van der Waals surface area contributed by atoms with Crippen molar-refractivity contribution in [2.24, 2.45) is 5.73 Å². The summed E-state index contributed by atoms with van der Waals surface area (Å²) in [5.74, 6) is 1.73.